The van der Waals surface area contributed by atoms with E-state index in [0.717, 1.165) is 6.07 Å². The van der Waals surface area contributed by atoms with Crippen LogP contribution in [-0.4, -0.2) is 37.2 Å². The second-order valence-electron chi connectivity index (χ2n) is 6.02. The number of ether oxygens (including phenoxy) is 3. The Labute approximate surface area is 164 Å². The number of esters is 2. The Morgan fingerprint density at radius 2 is 1.90 bits per heavy atom. The smallest absolute Gasteiger partial charge is 0.343 e. The minimum atomic E-state index is -0.766. The molecule has 0 saturated carbocycles. The summed E-state index contributed by atoms with van der Waals surface area (Å²) in [5, 5.41) is 11.3. The van der Waals surface area contributed by atoms with Gasteiger partial charge in [0.2, 0.25) is 0 Å². The van der Waals surface area contributed by atoms with Gasteiger partial charge in [0.15, 0.2) is 0 Å². The number of hydrogen-bond donors (Lipinski definition) is 0. The standard InChI is InChI=1S/C20H17NO8/c1-12-18(20(23)27-9-8-26-2)16-11-15(6-7-17(16)28-12)29-19(22)13-4-3-5-14(10-13)21(24)25/h3-7,10-11H,8-9H2,1-2H3. The molecule has 3 rings (SSSR count). The molecule has 0 atom stereocenters. The number of methoxy groups -OCH3 is 1. The van der Waals surface area contributed by atoms with Gasteiger partial charge in [0.1, 0.15) is 29.3 Å². The van der Waals surface area contributed by atoms with Gasteiger partial charge in [0.25, 0.3) is 5.69 Å². The summed E-state index contributed by atoms with van der Waals surface area (Å²) in [6, 6.07) is 9.75. The van der Waals surface area contributed by atoms with Crippen LogP contribution in [0.1, 0.15) is 26.5 Å². The number of aryl methyl sites for hydroxylation is 1. The van der Waals surface area contributed by atoms with Crippen molar-refractivity contribution in [2.75, 3.05) is 20.3 Å². The van der Waals surface area contributed by atoms with E-state index in [2.05, 4.69) is 0 Å². The fraction of sp³-hybridized carbons (Fsp3) is 0.200. The zero-order valence-electron chi connectivity index (χ0n) is 15.7. The first-order valence-electron chi connectivity index (χ1n) is 8.56. The van der Waals surface area contributed by atoms with Gasteiger partial charge in [-0.3, -0.25) is 10.1 Å². The van der Waals surface area contributed by atoms with Crippen LogP contribution in [0.2, 0.25) is 0 Å². The summed E-state index contributed by atoms with van der Waals surface area (Å²) >= 11 is 0. The number of hydrogen-bond acceptors (Lipinski definition) is 8. The lowest BCUT2D eigenvalue weighted by molar-refractivity contribution is -0.384. The number of non-ortho nitro benzene ring substituents is 1. The molecule has 2 aromatic carbocycles. The van der Waals surface area contributed by atoms with Crippen molar-refractivity contribution in [3.8, 4) is 5.75 Å². The summed E-state index contributed by atoms with van der Waals surface area (Å²) in [7, 11) is 1.49. The van der Waals surface area contributed by atoms with E-state index < -0.39 is 16.9 Å². The van der Waals surface area contributed by atoms with Crippen LogP contribution in [0.15, 0.2) is 46.9 Å². The summed E-state index contributed by atoms with van der Waals surface area (Å²) < 4.78 is 20.9. The molecule has 0 radical (unpaired) electrons. The third-order valence-electron chi connectivity index (χ3n) is 4.06. The first-order valence-corrected chi connectivity index (χ1v) is 8.56. The predicted molar refractivity (Wildman–Crippen MR) is 101 cm³/mol. The fourth-order valence-corrected chi connectivity index (χ4v) is 2.72. The van der Waals surface area contributed by atoms with Crippen LogP contribution in [0, 0.1) is 17.0 Å². The Hall–Kier alpha value is -3.72. The summed E-state index contributed by atoms with van der Waals surface area (Å²) in [6.45, 7) is 1.97. The second kappa shape index (κ2) is 8.53. The maximum atomic E-state index is 12.4. The van der Waals surface area contributed by atoms with E-state index in [1.54, 1.807) is 13.0 Å². The first-order chi connectivity index (χ1) is 13.9. The molecule has 1 aromatic heterocycles. The summed E-state index contributed by atoms with van der Waals surface area (Å²) in [6.07, 6.45) is 0. The molecule has 0 fully saturated rings. The zero-order chi connectivity index (χ0) is 21.0. The van der Waals surface area contributed by atoms with Gasteiger partial charge in [-0.15, -0.1) is 0 Å². The SMILES string of the molecule is COCCOC(=O)c1c(C)oc2ccc(OC(=O)c3cccc([N+](=O)[O-])c3)cc12. The monoisotopic (exact) mass is 399 g/mol. The minimum absolute atomic E-state index is 0.0295. The molecule has 0 unspecified atom stereocenters. The maximum absolute atomic E-state index is 12.4. The number of carbonyl (C=O) groups is 2. The topological polar surface area (TPSA) is 118 Å². The van der Waals surface area contributed by atoms with E-state index in [4.69, 9.17) is 18.6 Å². The Kier molecular flexibility index (Phi) is 5.89. The van der Waals surface area contributed by atoms with Crippen molar-refractivity contribution in [2.24, 2.45) is 0 Å². The van der Waals surface area contributed by atoms with Crippen LogP contribution in [0.4, 0.5) is 5.69 Å². The lowest BCUT2D eigenvalue weighted by Gasteiger charge is -2.06. The van der Waals surface area contributed by atoms with Gasteiger partial charge in [-0.25, -0.2) is 9.59 Å². The van der Waals surface area contributed by atoms with E-state index >= 15 is 0 Å². The maximum Gasteiger partial charge on any atom is 0.343 e. The zero-order valence-corrected chi connectivity index (χ0v) is 15.7. The molecule has 0 aliphatic rings. The summed E-state index contributed by atoms with van der Waals surface area (Å²) in [5.41, 5.74) is 0.462. The quantitative estimate of drug-likeness (QED) is 0.194. The molecule has 150 valence electrons. The molecule has 0 spiro atoms. The third-order valence-corrected chi connectivity index (χ3v) is 4.06. The molecular weight excluding hydrogens is 382 g/mol. The molecule has 0 N–H and O–H groups in total. The molecule has 29 heavy (non-hydrogen) atoms. The number of benzene rings is 2. The normalized spacial score (nSPS) is 10.7. The van der Waals surface area contributed by atoms with Crippen LogP contribution in [-0.2, 0) is 9.47 Å². The number of nitro benzene ring substituents is 1. The third kappa shape index (κ3) is 4.41. The fourth-order valence-electron chi connectivity index (χ4n) is 2.72. The Morgan fingerprint density at radius 1 is 1.10 bits per heavy atom. The van der Waals surface area contributed by atoms with Gasteiger partial charge in [-0.2, -0.15) is 0 Å². The van der Waals surface area contributed by atoms with Crippen LogP contribution < -0.4 is 4.74 Å². The molecule has 0 amide bonds. The number of rotatable bonds is 7. The van der Waals surface area contributed by atoms with Crippen molar-refractivity contribution < 1.29 is 33.1 Å². The van der Waals surface area contributed by atoms with Crippen molar-refractivity contribution in [3.63, 3.8) is 0 Å². The number of nitro groups is 1. The van der Waals surface area contributed by atoms with Crippen molar-refractivity contribution in [1.29, 1.82) is 0 Å². The van der Waals surface area contributed by atoms with Gasteiger partial charge in [-0.1, -0.05) is 6.07 Å². The number of nitrogens with zero attached hydrogens (tertiary/aromatic N) is 1. The van der Waals surface area contributed by atoms with Crippen molar-refractivity contribution >= 4 is 28.6 Å². The average molecular weight is 399 g/mol. The lowest BCUT2D eigenvalue weighted by atomic mass is 10.1. The van der Waals surface area contributed by atoms with E-state index in [-0.39, 0.29) is 35.8 Å². The van der Waals surface area contributed by atoms with Gasteiger partial charge in [0.05, 0.1) is 17.1 Å². The molecule has 1 heterocycles. The molecular formula is C20H17NO8. The highest BCUT2D eigenvalue weighted by molar-refractivity contribution is 6.05. The van der Waals surface area contributed by atoms with E-state index in [9.17, 15) is 19.7 Å². The van der Waals surface area contributed by atoms with Gasteiger partial charge in [0, 0.05) is 24.6 Å². The van der Waals surface area contributed by atoms with Crippen molar-refractivity contribution in [2.45, 2.75) is 6.92 Å². The minimum Gasteiger partial charge on any atom is -0.460 e. The number of furan rings is 1. The van der Waals surface area contributed by atoms with E-state index in [1.165, 1.54) is 37.4 Å². The van der Waals surface area contributed by atoms with Gasteiger partial charge < -0.3 is 18.6 Å². The summed E-state index contributed by atoms with van der Waals surface area (Å²) in [5.74, 6) is -0.830. The lowest BCUT2D eigenvalue weighted by Crippen LogP contribution is -2.11. The Bertz CT molecular complexity index is 1090. The van der Waals surface area contributed by atoms with E-state index in [1.807, 2.05) is 0 Å². The van der Waals surface area contributed by atoms with E-state index in [0.29, 0.717) is 16.7 Å². The molecule has 0 bridgehead atoms. The van der Waals surface area contributed by atoms with Crippen molar-refractivity contribution in [1.82, 2.24) is 0 Å². The Morgan fingerprint density at radius 3 is 2.62 bits per heavy atom. The van der Waals surface area contributed by atoms with Gasteiger partial charge >= 0.3 is 11.9 Å². The van der Waals surface area contributed by atoms with Crippen molar-refractivity contribution in [3.05, 3.63) is 69.5 Å². The van der Waals surface area contributed by atoms with Gasteiger partial charge in [-0.05, 0) is 31.2 Å². The number of fused-ring (bicyclic) bond motifs is 1. The molecule has 0 saturated heterocycles. The molecule has 3 aromatic rings. The second-order valence-corrected chi connectivity index (χ2v) is 6.02. The highest BCUT2D eigenvalue weighted by Gasteiger charge is 2.21. The molecule has 9 heteroatoms. The average Bonchev–Trinajstić information content (AvgIpc) is 3.03. The largest absolute Gasteiger partial charge is 0.460 e. The molecule has 9 nitrogen and oxygen atoms in total. The predicted octanol–water partition coefficient (Wildman–Crippen LogP) is 3.67. The summed E-state index contributed by atoms with van der Waals surface area (Å²) in [4.78, 5) is 35.0. The molecule has 0 aliphatic heterocycles. The van der Waals surface area contributed by atoms with Crippen LogP contribution in [0.5, 0.6) is 5.75 Å². The highest BCUT2D eigenvalue weighted by Crippen LogP contribution is 2.30. The van der Waals surface area contributed by atoms with Crippen LogP contribution in [0.25, 0.3) is 11.0 Å². The first kappa shape index (κ1) is 20.0. The Balaban J connectivity index is 1.86. The van der Waals surface area contributed by atoms with Crippen LogP contribution in [0.3, 0.4) is 0 Å². The number of carbonyl (C=O) groups excluding carboxylic acids is 2. The highest BCUT2D eigenvalue weighted by atomic mass is 16.6. The van der Waals surface area contributed by atoms with Crippen LogP contribution >= 0.6 is 0 Å². The molecule has 0 aliphatic carbocycles.